The SMILES string of the molecule is CO[Si](C)(OC)OC.O=C1OCCC12CC1CCC2C1. The van der Waals surface area contributed by atoms with Crippen molar-refractivity contribution < 1.29 is 22.8 Å². The zero-order valence-corrected chi connectivity index (χ0v) is 13.9. The first-order valence-electron chi connectivity index (χ1n) is 7.32. The van der Waals surface area contributed by atoms with Crippen LogP contribution in [0.1, 0.15) is 32.1 Å². The molecule has 3 rings (SSSR count). The van der Waals surface area contributed by atoms with E-state index in [1.165, 1.54) is 19.3 Å². The second kappa shape index (κ2) is 6.13. The molecule has 3 aliphatic rings. The zero-order chi connectivity index (χ0) is 14.8. The Bertz CT molecular complexity index is 349. The minimum atomic E-state index is -2.17. The molecule has 6 heteroatoms. The number of rotatable bonds is 3. The van der Waals surface area contributed by atoms with Crippen molar-refractivity contribution in [2.24, 2.45) is 17.3 Å². The number of carbonyl (C=O) groups excluding carboxylic acids is 1. The fourth-order valence-electron chi connectivity index (χ4n) is 3.82. The quantitative estimate of drug-likeness (QED) is 0.591. The van der Waals surface area contributed by atoms with E-state index >= 15 is 0 Å². The van der Waals surface area contributed by atoms with Crippen molar-refractivity contribution in [1.82, 2.24) is 0 Å². The summed E-state index contributed by atoms with van der Waals surface area (Å²) in [7, 11) is 2.58. The molecule has 1 aliphatic heterocycles. The Labute approximate surface area is 122 Å². The topological polar surface area (TPSA) is 54.0 Å². The Morgan fingerprint density at radius 3 is 2.15 bits per heavy atom. The molecule has 2 aliphatic carbocycles. The van der Waals surface area contributed by atoms with E-state index in [1.807, 2.05) is 6.55 Å². The van der Waals surface area contributed by atoms with E-state index in [4.69, 9.17) is 18.0 Å². The van der Waals surface area contributed by atoms with Crippen molar-refractivity contribution in [2.75, 3.05) is 27.9 Å². The smallest absolute Gasteiger partial charge is 0.465 e. The van der Waals surface area contributed by atoms with Crippen LogP contribution in [0.4, 0.5) is 0 Å². The third-order valence-electron chi connectivity index (χ3n) is 5.28. The highest BCUT2D eigenvalue weighted by molar-refractivity contribution is 6.58. The standard InChI is InChI=1S/C10H14O2.C4H12O3Si/c11-9-10(3-4-12-9)6-7-1-2-8(10)5-7;1-5-8(4,6-2)7-3/h7-8H,1-6H2;1-4H3. The largest absolute Gasteiger partial charge is 0.496 e. The van der Waals surface area contributed by atoms with Gasteiger partial charge in [0.15, 0.2) is 0 Å². The van der Waals surface area contributed by atoms with Gasteiger partial charge in [0.2, 0.25) is 0 Å². The fraction of sp³-hybridized carbons (Fsp3) is 0.929. The average molecular weight is 302 g/mol. The monoisotopic (exact) mass is 302 g/mol. The molecule has 3 atom stereocenters. The van der Waals surface area contributed by atoms with Crippen LogP contribution in [-0.4, -0.2) is 42.7 Å². The maximum atomic E-state index is 11.6. The maximum absolute atomic E-state index is 11.6. The van der Waals surface area contributed by atoms with Crippen molar-refractivity contribution in [1.29, 1.82) is 0 Å². The molecule has 20 heavy (non-hydrogen) atoms. The molecule has 3 unspecified atom stereocenters. The molecule has 0 radical (unpaired) electrons. The van der Waals surface area contributed by atoms with E-state index in [9.17, 15) is 4.79 Å². The van der Waals surface area contributed by atoms with Gasteiger partial charge in [0.1, 0.15) is 0 Å². The minimum absolute atomic E-state index is 0.00289. The summed E-state index contributed by atoms with van der Waals surface area (Å²) in [4.78, 5) is 11.6. The molecular weight excluding hydrogens is 276 g/mol. The van der Waals surface area contributed by atoms with Crippen molar-refractivity contribution in [3.8, 4) is 0 Å². The Kier molecular flexibility index (Phi) is 4.89. The molecule has 2 bridgehead atoms. The summed E-state index contributed by atoms with van der Waals surface area (Å²) in [6.07, 6.45) is 6.08. The van der Waals surface area contributed by atoms with Gasteiger partial charge in [-0.25, -0.2) is 0 Å². The first-order valence-corrected chi connectivity index (χ1v) is 9.55. The van der Waals surface area contributed by atoms with Gasteiger partial charge in [-0.3, -0.25) is 4.79 Å². The highest BCUT2D eigenvalue weighted by Crippen LogP contribution is 2.59. The average Bonchev–Trinajstić information content (AvgIpc) is 3.17. The third-order valence-corrected chi connectivity index (χ3v) is 7.50. The van der Waals surface area contributed by atoms with Gasteiger partial charge in [-0.2, -0.15) is 0 Å². The van der Waals surface area contributed by atoms with Crippen LogP contribution in [0.5, 0.6) is 0 Å². The summed E-state index contributed by atoms with van der Waals surface area (Å²) in [6, 6.07) is 0. The van der Waals surface area contributed by atoms with Crippen LogP contribution in [0.2, 0.25) is 6.55 Å². The molecule has 2 saturated carbocycles. The Morgan fingerprint density at radius 2 is 1.85 bits per heavy atom. The van der Waals surface area contributed by atoms with Crippen molar-refractivity contribution in [3.63, 3.8) is 0 Å². The Hall–Kier alpha value is -0.433. The molecule has 5 nitrogen and oxygen atoms in total. The molecule has 1 saturated heterocycles. The normalized spacial score (nSPS) is 35.1. The van der Waals surface area contributed by atoms with Crippen LogP contribution in [0, 0.1) is 17.3 Å². The van der Waals surface area contributed by atoms with Gasteiger partial charge in [-0.1, -0.05) is 6.42 Å². The highest BCUT2D eigenvalue weighted by Gasteiger charge is 2.58. The molecule has 0 N–H and O–H groups in total. The van der Waals surface area contributed by atoms with Crippen LogP contribution in [0.3, 0.4) is 0 Å². The Balaban J connectivity index is 0.000000163. The molecule has 0 aromatic rings. The van der Waals surface area contributed by atoms with E-state index in [0.717, 1.165) is 18.8 Å². The summed E-state index contributed by atoms with van der Waals surface area (Å²) >= 11 is 0. The van der Waals surface area contributed by atoms with Crippen LogP contribution >= 0.6 is 0 Å². The third kappa shape index (κ3) is 2.79. The van der Waals surface area contributed by atoms with Gasteiger partial charge in [-0.05, 0) is 37.5 Å². The summed E-state index contributed by atoms with van der Waals surface area (Å²) in [5.41, 5.74) is 0.00289. The van der Waals surface area contributed by atoms with E-state index in [2.05, 4.69) is 0 Å². The number of ether oxygens (including phenoxy) is 1. The summed E-state index contributed by atoms with van der Waals surface area (Å²) < 4.78 is 19.9. The lowest BCUT2D eigenvalue weighted by Gasteiger charge is -2.28. The van der Waals surface area contributed by atoms with E-state index in [0.29, 0.717) is 12.5 Å². The fourth-order valence-corrected chi connectivity index (χ4v) is 4.32. The van der Waals surface area contributed by atoms with E-state index in [-0.39, 0.29) is 11.4 Å². The summed E-state index contributed by atoms with van der Waals surface area (Å²) in [5, 5.41) is 0. The molecule has 0 aromatic heterocycles. The van der Waals surface area contributed by atoms with Gasteiger partial charge in [-0.15, -0.1) is 0 Å². The number of hydrogen-bond donors (Lipinski definition) is 0. The highest BCUT2D eigenvalue weighted by atomic mass is 28.4. The molecule has 0 amide bonds. The first kappa shape index (κ1) is 15.9. The van der Waals surface area contributed by atoms with Crippen LogP contribution < -0.4 is 0 Å². The number of hydrogen-bond acceptors (Lipinski definition) is 5. The van der Waals surface area contributed by atoms with Crippen molar-refractivity contribution in [2.45, 2.75) is 38.7 Å². The number of cyclic esters (lactones) is 1. The summed E-state index contributed by atoms with van der Waals surface area (Å²) in [5.74, 6) is 1.65. The zero-order valence-electron chi connectivity index (χ0n) is 12.9. The van der Waals surface area contributed by atoms with E-state index < -0.39 is 8.80 Å². The van der Waals surface area contributed by atoms with Crippen molar-refractivity contribution >= 4 is 14.8 Å². The molecule has 3 fully saturated rings. The molecule has 0 aromatic carbocycles. The number of carbonyl (C=O) groups is 1. The first-order chi connectivity index (χ1) is 9.49. The minimum Gasteiger partial charge on any atom is -0.465 e. The van der Waals surface area contributed by atoms with Gasteiger partial charge in [0.25, 0.3) is 0 Å². The second-order valence-electron chi connectivity index (χ2n) is 6.10. The lowest BCUT2D eigenvalue weighted by molar-refractivity contribution is -0.148. The van der Waals surface area contributed by atoms with E-state index in [1.54, 1.807) is 21.3 Å². The molecule has 1 spiro atoms. The van der Waals surface area contributed by atoms with Gasteiger partial charge in [0, 0.05) is 27.9 Å². The van der Waals surface area contributed by atoms with Crippen molar-refractivity contribution in [3.05, 3.63) is 0 Å². The van der Waals surface area contributed by atoms with Gasteiger partial charge < -0.3 is 18.0 Å². The maximum Gasteiger partial charge on any atom is 0.496 e. The predicted molar refractivity (Wildman–Crippen MR) is 76.1 cm³/mol. The lowest BCUT2D eigenvalue weighted by atomic mass is 9.72. The van der Waals surface area contributed by atoms with Crippen LogP contribution in [0.25, 0.3) is 0 Å². The van der Waals surface area contributed by atoms with Gasteiger partial charge >= 0.3 is 14.8 Å². The Morgan fingerprint density at radius 1 is 1.20 bits per heavy atom. The van der Waals surface area contributed by atoms with Crippen LogP contribution in [-0.2, 0) is 22.8 Å². The molecular formula is C14H26O5Si. The summed E-state index contributed by atoms with van der Waals surface area (Å²) in [6.45, 7) is 2.51. The number of esters is 1. The molecule has 1 heterocycles. The lowest BCUT2D eigenvalue weighted by Crippen LogP contribution is -2.38. The second-order valence-corrected chi connectivity index (χ2v) is 9.05. The molecule has 116 valence electrons. The van der Waals surface area contributed by atoms with Crippen LogP contribution in [0.15, 0.2) is 0 Å². The predicted octanol–water partition coefficient (Wildman–Crippen LogP) is 2.23. The van der Waals surface area contributed by atoms with Gasteiger partial charge in [0.05, 0.1) is 12.0 Å². The number of fused-ring (bicyclic) bond motifs is 3.